The lowest BCUT2D eigenvalue weighted by Crippen LogP contribution is -2.48. The molecule has 2 aromatic carbocycles. The van der Waals surface area contributed by atoms with Crippen LogP contribution in [0.3, 0.4) is 0 Å². The summed E-state index contributed by atoms with van der Waals surface area (Å²) in [4.78, 5) is 3.13. The van der Waals surface area contributed by atoms with Crippen molar-refractivity contribution in [1.29, 1.82) is 0 Å². The van der Waals surface area contributed by atoms with Crippen molar-refractivity contribution in [3.63, 3.8) is 0 Å². The van der Waals surface area contributed by atoms with E-state index in [0.29, 0.717) is 0 Å². The highest BCUT2D eigenvalue weighted by atomic mass is 16.6. The van der Waals surface area contributed by atoms with Crippen molar-refractivity contribution in [2.24, 2.45) is 0 Å². The van der Waals surface area contributed by atoms with E-state index >= 15 is 0 Å². The third kappa shape index (κ3) is 3.02. The zero-order valence-corrected chi connectivity index (χ0v) is 15.2. The number of hydrogen-bond donors (Lipinski definition) is 0. The summed E-state index contributed by atoms with van der Waals surface area (Å²) in [6.45, 7) is 3.88. The molecular formula is C20H20N6O. The van der Waals surface area contributed by atoms with Gasteiger partial charge in [-0.3, -0.25) is 0 Å². The van der Waals surface area contributed by atoms with E-state index in [0.717, 1.165) is 11.1 Å². The van der Waals surface area contributed by atoms with Crippen molar-refractivity contribution < 1.29 is 4.74 Å². The predicted molar refractivity (Wildman–Crippen MR) is 99.5 cm³/mol. The monoisotopic (exact) mass is 360 g/mol. The van der Waals surface area contributed by atoms with Crippen LogP contribution in [0.1, 0.15) is 25.0 Å². The van der Waals surface area contributed by atoms with Gasteiger partial charge in [-0.1, -0.05) is 60.7 Å². The Bertz CT molecular complexity index is 890. The van der Waals surface area contributed by atoms with Gasteiger partial charge in [0.2, 0.25) is 11.4 Å². The van der Waals surface area contributed by atoms with Crippen LogP contribution in [0.5, 0.6) is 0 Å². The fraction of sp³-hybridized carbons (Fsp3) is 0.200. The fourth-order valence-corrected chi connectivity index (χ4v) is 3.18. The van der Waals surface area contributed by atoms with E-state index in [9.17, 15) is 0 Å². The van der Waals surface area contributed by atoms with Crippen molar-refractivity contribution >= 4 is 0 Å². The van der Waals surface area contributed by atoms with Gasteiger partial charge < -0.3 is 4.74 Å². The Morgan fingerprint density at radius 3 is 1.26 bits per heavy atom. The Morgan fingerprint density at radius 1 is 0.593 bits per heavy atom. The summed E-state index contributed by atoms with van der Waals surface area (Å²) in [5.41, 5.74) is -0.141. The minimum atomic E-state index is -0.983. The van der Waals surface area contributed by atoms with Crippen LogP contribution in [0.15, 0.2) is 85.5 Å². The maximum atomic E-state index is 6.76. The molecule has 2 aromatic heterocycles. The smallest absolute Gasteiger partial charge is 0.205 e. The van der Waals surface area contributed by atoms with E-state index < -0.39 is 11.4 Å². The SMILES string of the molecule is CC(OC(C)(c1ccccc1)n1nccn1)(c1ccccc1)n1nccn1. The standard InChI is InChI=1S/C20H20N6O/c1-19(25-21-13-14-22-25,17-9-5-3-6-10-17)27-20(2,26-23-15-16-24-26)18-11-7-4-8-12-18/h3-16H,1-2H3. The first kappa shape index (κ1) is 17.1. The van der Waals surface area contributed by atoms with E-state index in [4.69, 9.17) is 4.74 Å². The van der Waals surface area contributed by atoms with E-state index in [2.05, 4.69) is 20.4 Å². The summed E-state index contributed by atoms with van der Waals surface area (Å²) in [7, 11) is 0. The topological polar surface area (TPSA) is 70.7 Å². The Morgan fingerprint density at radius 2 is 0.926 bits per heavy atom. The van der Waals surface area contributed by atoms with Gasteiger partial charge in [-0.05, 0) is 13.8 Å². The minimum Gasteiger partial charge on any atom is -0.315 e. The molecule has 0 N–H and O–H groups in total. The normalized spacial score (nSPS) is 15.8. The van der Waals surface area contributed by atoms with Gasteiger partial charge in [0.05, 0.1) is 24.8 Å². The maximum Gasteiger partial charge on any atom is 0.205 e. The van der Waals surface area contributed by atoms with Gasteiger partial charge in [0.25, 0.3) is 0 Å². The number of ether oxygens (including phenoxy) is 1. The van der Waals surface area contributed by atoms with E-state index in [1.54, 1.807) is 34.4 Å². The van der Waals surface area contributed by atoms with Gasteiger partial charge in [-0.25, -0.2) is 0 Å². The van der Waals surface area contributed by atoms with E-state index in [1.807, 2.05) is 74.5 Å². The summed E-state index contributed by atoms with van der Waals surface area (Å²) < 4.78 is 6.76. The van der Waals surface area contributed by atoms with Crippen molar-refractivity contribution in [3.8, 4) is 0 Å². The highest BCUT2D eigenvalue weighted by Gasteiger charge is 2.43. The Labute approximate surface area is 157 Å². The summed E-state index contributed by atoms with van der Waals surface area (Å²) in [6.07, 6.45) is 6.54. The first-order chi connectivity index (χ1) is 13.1. The fourth-order valence-electron chi connectivity index (χ4n) is 3.18. The second-order valence-corrected chi connectivity index (χ2v) is 6.44. The first-order valence-corrected chi connectivity index (χ1v) is 8.68. The molecular weight excluding hydrogens is 340 g/mol. The molecule has 0 amide bonds. The summed E-state index contributed by atoms with van der Waals surface area (Å²) in [5, 5.41) is 17.4. The highest BCUT2D eigenvalue weighted by molar-refractivity contribution is 5.25. The highest BCUT2D eigenvalue weighted by Crippen LogP contribution is 2.36. The van der Waals surface area contributed by atoms with Crippen molar-refractivity contribution in [2.75, 3.05) is 0 Å². The molecule has 2 heterocycles. The Hall–Kier alpha value is -3.32. The second kappa shape index (κ2) is 6.77. The van der Waals surface area contributed by atoms with Crippen LogP contribution < -0.4 is 0 Å². The third-order valence-electron chi connectivity index (χ3n) is 4.62. The molecule has 27 heavy (non-hydrogen) atoms. The molecule has 136 valence electrons. The molecule has 2 unspecified atom stereocenters. The third-order valence-corrected chi connectivity index (χ3v) is 4.62. The lowest BCUT2D eigenvalue weighted by molar-refractivity contribution is -0.200. The van der Waals surface area contributed by atoms with Crippen molar-refractivity contribution in [3.05, 3.63) is 96.6 Å². The van der Waals surface area contributed by atoms with Crippen molar-refractivity contribution in [2.45, 2.75) is 25.3 Å². The molecule has 0 saturated heterocycles. The molecule has 0 aliphatic rings. The minimum absolute atomic E-state index is 0.913. The Balaban J connectivity index is 1.88. The average Bonchev–Trinajstić information content (AvgIpc) is 3.43. The summed E-state index contributed by atoms with van der Waals surface area (Å²) in [5.74, 6) is 0. The van der Waals surface area contributed by atoms with Crippen LogP contribution in [-0.2, 0) is 16.2 Å². The molecule has 4 rings (SSSR count). The number of benzene rings is 2. The van der Waals surface area contributed by atoms with Crippen molar-refractivity contribution in [1.82, 2.24) is 30.0 Å². The quantitative estimate of drug-likeness (QED) is 0.529. The molecule has 0 fully saturated rings. The predicted octanol–water partition coefficient (Wildman–Crippen LogP) is 3.03. The largest absolute Gasteiger partial charge is 0.315 e. The zero-order chi connectivity index (χ0) is 18.7. The molecule has 0 spiro atoms. The number of aromatic nitrogens is 6. The second-order valence-electron chi connectivity index (χ2n) is 6.44. The van der Waals surface area contributed by atoms with Crippen LogP contribution in [0.4, 0.5) is 0 Å². The lowest BCUT2D eigenvalue weighted by Gasteiger charge is -2.39. The van der Waals surface area contributed by atoms with Gasteiger partial charge in [-0.2, -0.15) is 20.4 Å². The number of hydrogen-bond acceptors (Lipinski definition) is 5. The zero-order valence-electron chi connectivity index (χ0n) is 15.2. The molecule has 7 nitrogen and oxygen atoms in total. The van der Waals surface area contributed by atoms with E-state index in [1.165, 1.54) is 0 Å². The van der Waals surface area contributed by atoms with Crippen LogP contribution in [0.2, 0.25) is 0 Å². The van der Waals surface area contributed by atoms with Gasteiger partial charge in [0.15, 0.2) is 0 Å². The van der Waals surface area contributed by atoms with Gasteiger partial charge in [-0.15, -0.1) is 9.59 Å². The van der Waals surface area contributed by atoms with Crippen LogP contribution in [-0.4, -0.2) is 30.0 Å². The molecule has 0 saturated carbocycles. The summed E-state index contributed by atoms with van der Waals surface area (Å²) in [6, 6.07) is 19.8. The molecule has 0 radical (unpaired) electrons. The van der Waals surface area contributed by atoms with Gasteiger partial charge in [0.1, 0.15) is 0 Å². The van der Waals surface area contributed by atoms with Crippen LogP contribution >= 0.6 is 0 Å². The molecule has 2 atom stereocenters. The number of nitrogens with zero attached hydrogens (tertiary/aromatic N) is 6. The molecule has 0 aliphatic carbocycles. The van der Waals surface area contributed by atoms with Crippen LogP contribution in [0.25, 0.3) is 0 Å². The first-order valence-electron chi connectivity index (χ1n) is 8.68. The molecule has 4 aromatic rings. The number of rotatable bonds is 6. The molecule has 0 aliphatic heterocycles. The summed E-state index contributed by atoms with van der Waals surface area (Å²) >= 11 is 0. The molecule has 7 heteroatoms. The maximum absolute atomic E-state index is 6.76. The Kier molecular flexibility index (Phi) is 4.29. The van der Waals surface area contributed by atoms with Gasteiger partial charge in [0, 0.05) is 11.1 Å². The average molecular weight is 360 g/mol. The van der Waals surface area contributed by atoms with Crippen LogP contribution in [0, 0.1) is 0 Å². The molecule has 0 bridgehead atoms. The van der Waals surface area contributed by atoms with E-state index in [-0.39, 0.29) is 0 Å². The lowest BCUT2D eigenvalue weighted by atomic mass is 10.0. The van der Waals surface area contributed by atoms with Gasteiger partial charge >= 0.3 is 0 Å².